The second-order valence-corrected chi connectivity index (χ2v) is 2.95. The zero-order chi connectivity index (χ0) is 13.2. The van der Waals surface area contributed by atoms with Gasteiger partial charge in [-0.3, -0.25) is 4.79 Å². The van der Waals surface area contributed by atoms with Crippen LogP contribution in [0.25, 0.3) is 0 Å². The van der Waals surface area contributed by atoms with Gasteiger partial charge in [-0.1, -0.05) is 0 Å². The van der Waals surface area contributed by atoms with E-state index in [1.54, 1.807) is 0 Å². The number of benzene rings is 1. The maximum atomic E-state index is 13.0. The van der Waals surface area contributed by atoms with Gasteiger partial charge >= 0.3 is 18.1 Å². The molecule has 0 aliphatic carbocycles. The highest BCUT2D eigenvalue weighted by Crippen LogP contribution is 2.20. The van der Waals surface area contributed by atoms with Crippen molar-refractivity contribution in [3.8, 4) is 0 Å². The summed E-state index contributed by atoms with van der Waals surface area (Å²) in [6.07, 6.45) is -5.10. The third-order valence-electron chi connectivity index (χ3n) is 1.71. The van der Waals surface area contributed by atoms with Gasteiger partial charge in [0.1, 0.15) is 5.82 Å². The third-order valence-corrected chi connectivity index (χ3v) is 1.71. The summed E-state index contributed by atoms with van der Waals surface area (Å²) in [5.74, 6) is -5.06. The second-order valence-electron chi connectivity index (χ2n) is 2.95. The lowest BCUT2D eigenvalue weighted by Crippen LogP contribution is -2.30. The van der Waals surface area contributed by atoms with Gasteiger partial charge in [0.05, 0.1) is 5.56 Å². The Bertz CT molecular complexity index is 470. The first-order chi connectivity index (χ1) is 7.71. The first-order valence-electron chi connectivity index (χ1n) is 4.13. The van der Waals surface area contributed by atoms with Crippen molar-refractivity contribution in [2.45, 2.75) is 6.18 Å². The number of carbonyl (C=O) groups is 2. The lowest BCUT2D eigenvalue weighted by Gasteiger charge is -2.08. The van der Waals surface area contributed by atoms with Crippen LogP contribution in [0.15, 0.2) is 18.2 Å². The normalized spacial score (nSPS) is 11.1. The lowest BCUT2D eigenvalue weighted by atomic mass is 10.2. The smallest absolute Gasteiger partial charge is 0.471 e. The number of halogens is 4. The van der Waals surface area contributed by atoms with Crippen LogP contribution in [0, 0.1) is 5.82 Å². The summed E-state index contributed by atoms with van der Waals surface area (Å²) >= 11 is 0. The van der Waals surface area contributed by atoms with Crippen molar-refractivity contribution in [3.05, 3.63) is 29.6 Å². The highest BCUT2D eigenvalue weighted by molar-refractivity contribution is 5.95. The van der Waals surface area contributed by atoms with E-state index in [0.717, 1.165) is 12.1 Å². The van der Waals surface area contributed by atoms with Crippen LogP contribution in [0.3, 0.4) is 0 Å². The summed E-state index contributed by atoms with van der Waals surface area (Å²) in [6, 6.07) is 2.10. The number of rotatable bonds is 2. The fraction of sp³-hybridized carbons (Fsp3) is 0.111. The van der Waals surface area contributed by atoms with Gasteiger partial charge in [0.15, 0.2) is 0 Å². The molecule has 1 rings (SSSR count). The molecule has 17 heavy (non-hydrogen) atoms. The van der Waals surface area contributed by atoms with E-state index in [2.05, 4.69) is 0 Å². The summed E-state index contributed by atoms with van der Waals surface area (Å²) in [5, 5.41) is 9.85. The molecule has 0 radical (unpaired) electrons. The van der Waals surface area contributed by atoms with Crippen molar-refractivity contribution in [2.75, 3.05) is 5.32 Å². The number of nitrogens with one attached hydrogen (secondary N) is 1. The lowest BCUT2D eigenvalue weighted by molar-refractivity contribution is -0.167. The quantitative estimate of drug-likeness (QED) is 0.790. The van der Waals surface area contributed by atoms with E-state index in [1.165, 1.54) is 5.32 Å². The molecule has 92 valence electrons. The summed E-state index contributed by atoms with van der Waals surface area (Å²) < 4.78 is 48.6. The minimum Gasteiger partial charge on any atom is -0.478 e. The molecule has 0 saturated heterocycles. The SMILES string of the molecule is O=C(O)c1ccc(NC(=O)C(F)(F)F)cc1F. The van der Waals surface area contributed by atoms with Crippen molar-refractivity contribution >= 4 is 17.6 Å². The summed E-state index contributed by atoms with van der Waals surface area (Å²) in [4.78, 5) is 20.9. The third kappa shape index (κ3) is 3.16. The average molecular weight is 251 g/mol. The molecule has 0 fully saturated rings. The fourth-order valence-electron chi connectivity index (χ4n) is 0.968. The molecule has 0 unspecified atom stereocenters. The molecule has 2 N–H and O–H groups in total. The van der Waals surface area contributed by atoms with Crippen molar-refractivity contribution in [2.24, 2.45) is 0 Å². The van der Waals surface area contributed by atoms with E-state index in [4.69, 9.17) is 5.11 Å². The molecule has 0 aliphatic heterocycles. The van der Waals surface area contributed by atoms with Gasteiger partial charge in [0.25, 0.3) is 0 Å². The first kappa shape index (κ1) is 12.9. The molecule has 0 saturated carbocycles. The van der Waals surface area contributed by atoms with Crippen molar-refractivity contribution in [1.29, 1.82) is 0 Å². The molecular formula is C9H5F4NO3. The van der Waals surface area contributed by atoms with Crippen molar-refractivity contribution < 1.29 is 32.3 Å². The minimum absolute atomic E-state index is 0.477. The Morgan fingerprint density at radius 1 is 1.24 bits per heavy atom. The van der Waals surface area contributed by atoms with E-state index >= 15 is 0 Å². The van der Waals surface area contributed by atoms with Crippen LogP contribution in [-0.2, 0) is 4.79 Å². The van der Waals surface area contributed by atoms with Crippen LogP contribution < -0.4 is 5.32 Å². The summed E-state index contributed by atoms with van der Waals surface area (Å²) in [6.45, 7) is 0. The van der Waals surface area contributed by atoms with Crippen LogP contribution in [0.5, 0.6) is 0 Å². The molecule has 0 heterocycles. The largest absolute Gasteiger partial charge is 0.478 e. The fourth-order valence-corrected chi connectivity index (χ4v) is 0.968. The van der Waals surface area contributed by atoms with Crippen molar-refractivity contribution in [1.82, 2.24) is 0 Å². The zero-order valence-corrected chi connectivity index (χ0v) is 8.01. The number of carboxylic acids is 1. The Hall–Kier alpha value is -2.12. The number of amides is 1. The molecule has 0 aliphatic rings. The number of carbonyl (C=O) groups excluding carboxylic acids is 1. The zero-order valence-electron chi connectivity index (χ0n) is 8.01. The molecule has 1 amide bonds. The van der Waals surface area contributed by atoms with Crippen molar-refractivity contribution in [3.63, 3.8) is 0 Å². The number of alkyl halides is 3. The summed E-state index contributed by atoms with van der Waals surface area (Å²) in [7, 11) is 0. The van der Waals surface area contributed by atoms with Crippen LogP contribution in [0.4, 0.5) is 23.2 Å². The van der Waals surface area contributed by atoms with E-state index < -0.39 is 35.1 Å². The highest BCUT2D eigenvalue weighted by Gasteiger charge is 2.38. The van der Waals surface area contributed by atoms with Gasteiger partial charge in [0.2, 0.25) is 0 Å². The molecule has 8 heteroatoms. The van der Waals surface area contributed by atoms with E-state index in [0.29, 0.717) is 6.07 Å². The molecule has 0 atom stereocenters. The standard InChI is InChI=1S/C9H5F4NO3/c10-6-3-4(1-2-5(6)7(15)16)14-8(17)9(11,12)13/h1-3H,(H,14,17)(H,15,16). The molecule has 1 aromatic carbocycles. The van der Waals surface area contributed by atoms with E-state index in [-0.39, 0.29) is 0 Å². The van der Waals surface area contributed by atoms with Crippen LogP contribution in [0.1, 0.15) is 10.4 Å². The number of anilines is 1. The van der Waals surface area contributed by atoms with E-state index in [1.807, 2.05) is 0 Å². The number of carboxylic acid groups (broad SMARTS) is 1. The van der Waals surface area contributed by atoms with Crippen LogP contribution >= 0.6 is 0 Å². The van der Waals surface area contributed by atoms with Crippen LogP contribution in [0.2, 0.25) is 0 Å². The first-order valence-corrected chi connectivity index (χ1v) is 4.13. The number of hydrogen-bond donors (Lipinski definition) is 2. The molecule has 4 nitrogen and oxygen atoms in total. The average Bonchev–Trinajstić information content (AvgIpc) is 2.15. The Kier molecular flexibility index (Phi) is 3.35. The molecule has 0 aromatic heterocycles. The Morgan fingerprint density at radius 2 is 1.82 bits per heavy atom. The molecule has 0 bridgehead atoms. The predicted octanol–water partition coefficient (Wildman–Crippen LogP) is 2.02. The Labute approximate surface area is 91.9 Å². The molecule has 1 aromatic rings. The number of hydrogen-bond acceptors (Lipinski definition) is 2. The van der Waals surface area contributed by atoms with Gasteiger partial charge in [-0.15, -0.1) is 0 Å². The monoisotopic (exact) mass is 251 g/mol. The second kappa shape index (κ2) is 4.40. The van der Waals surface area contributed by atoms with E-state index in [9.17, 15) is 27.2 Å². The number of aromatic carboxylic acids is 1. The minimum atomic E-state index is -5.10. The Morgan fingerprint density at radius 3 is 2.24 bits per heavy atom. The van der Waals surface area contributed by atoms with Gasteiger partial charge in [-0.25, -0.2) is 9.18 Å². The van der Waals surface area contributed by atoms with Gasteiger partial charge in [0, 0.05) is 5.69 Å². The van der Waals surface area contributed by atoms with Gasteiger partial charge in [-0.05, 0) is 18.2 Å². The topological polar surface area (TPSA) is 66.4 Å². The highest BCUT2D eigenvalue weighted by atomic mass is 19.4. The Balaban J connectivity index is 2.92. The molecular weight excluding hydrogens is 246 g/mol. The predicted molar refractivity (Wildman–Crippen MR) is 48.0 cm³/mol. The van der Waals surface area contributed by atoms with Gasteiger partial charge in [-0.2, -0.15) is 13.2 Å². The molecule has 0 spiro atoms. The maximum Gasteiger partial charge on any atom is 0.471 e. The summed E-state index contributed by atoms with van der Waals surface area (Å²) in [5.41, 5.74) is -1.18. The van der Waals surface area contributed by atoms with Crippen LogP contribution in [-0.4, -0.2) is 23.2 Å². The van der Waals surface area contributed by atoms with Gasteiger partial charge < -0.3 is 10.4 Å². The maximum absolute atomic E-state index is 13.0.